The lowest BCUT2D eigenvalue weighted by atomic mass is 10.2. The summed E-state index contributed by atoms with van der Waals surface area (Å²) in [7, 11) is -1.04. The van der Waals surface area contributed by atoms with Gasteiger partial charge in [-0.25, -0.2) is 8.42 Å². The molecular formula is C11H25N3O2S. The second kappa shape index (κ2) is 6.68. The van der Waals surface area contributed by atoms with Crippen LogP contribution in [0.3, 0.4) is 0 Å². The maximum atomic E-state index is 12.1. The second-order valence-electron chi connectivity index (χ2n) is 4.75. The SMILES string of the molecule is CCCNCCS(=O)(=O)N1CCN(C)C(C)C1. The molecule has 1 aliphatic rings. The molecule has 6 heteroatoms. The van der Waals surface area contributed by atoms with Crippen LogP contribution in [0.4, 0.5) is 0 Å². The Hall–Kier alpha value is -0.170. The maximum absolute atomic E-state index is 12.1. The average molecular weight is 263 g/mol. The third-order valence-corrected chi connectivity index (χ3v) is 5.12. The third-order valence-electron chi connectivity index (χ3n) is 3.28. The predicted octanol–water partition coefficient (Wildman–Crippen LogP) is -0.0483. The molecule has 1 unspecified atom stereocenters. The van der Waals surface area contributed by atoms with Crippen molar-refractivity contribution in [1.82, 2.24) is 14.5 Å². The average Bonchev–Trinajstić information content (AvgIpc) is 2.28. The van der Waals surface area contributed by atoms with Crippen LogP contribution in [-0.4, -0.2) is 69.2 Å². The largest absolute Gasteiger partial charge is 0.316 e. The fourth-order valence-corrected chi connectivity index (χ4v) is 3.36. The number of likely N-dealkylation sites (N-methyl/N-ethyl adjacent to an activating group) is 1. The van der Waals surface area contributed by atoms with Crippen molar-refractivity contribution in [3.63, 3.8) is 0 Å². The summed E-state index contributed by atoms with van der Waals surface area (Å²) in [5, 5.41) is 3.13. The van der Waals surface area contributed by atoms with Gasteiger partial charge in [0.05, 0.1) is 5.75 Å². The summed E-state index contributed by atoms with van der Waals surface area (Å²) in [6, 6.07) is 0.308. The number of piperazine rings is 1. The van der Waals surface area contributed by atoms with Crippen molar-refractivity contribution in [3.05, 3.63) is 0 Å². The second-order valence-corrected chi connectivity index (χ2v) is 6.84. The van der Waals surface area contributed by atoms with Crippen LogP contribution in [0.5, 0.6) is 0 Å². The highest BCUT2D eigenvalue weighted by Gasteiger charge is 2.28. The topological polar surface area (TPSA) is 52.7 Å². The van der Waals surface area contributed by atoms with Crippen LogP contribution in [0, 0.1) is 0 Å². The van der Waals surface area contributed by atoms with Crippen molar-refractivity contribution in [3.8, 4) is 0 Å². The van der Waals surface area contributed by atoms with E-state index in [1.165, 1.54) is 0 Å². The zero-order valence-corrected chi connectivity index (χ0v) is 12.0. The molecule has 0 aromatic carbocycles. The standard InChI is InChI=1S/C11H25N3O2S/c1-4-5-12-6-9-17(15,16)14-8-7-13(3)11(2)10-14/h11-12H,4-10H2,1-3H3. The number of nitrogens with one attached hydrogen (secondary N) is 1. The van der Waals surface area contributed by atoms with Crippen molar-refractivity contribution in [2.45, 2.75) is 26.3 Å². The van der Waals surface area contributed by atoms with Crippen molar-refractivity contribution in [2.75, 3.05) is 45.5 Å². The van der Waals surface area contributed by atoms with E-state index in [2.05, 4.69) is 24.1 Å². The van der Waals surface area contributed by atoms with Crippen molar-refractivity contribution < 1.29 is 8.42 Å². The third kappa shape index (κ3) is 4.54. The molecule has 102 valence electrons. The lowest BCUT2D eigenvalue weighted by Crippen LogP contribution is -2.52. The zero-order chi connectivity index (χ0) is 12.9. The van der Waals surface area contributed by atoms with E-state index in [1.807, 2.05) is 7.05 Å². The van der Waals surface area contributed by atoms with E-state index in [1.54, 1.807) is 4.31 Å². The summed E-state index contributed by atoms with van der Waals surface area (Å²) in [4.78, 5) is 2.20. The Labute approximate surface area is 105 Å². The molecule has 1 N–H and O–H groups in total. The Morgan fingerprint density at radius 2 is 2.00 bits per heavy atom. The summed E-state index contributed by atoms with van der Waals surface area (Å²) in [6.07, 6.45) is 1.03. The minimum Gasteiger partial charge on any atom is -0.316 e. The molecule has 0 aromatic heterocycles. The Morgan fingerprint density at radius 3 is 2.59 bits per heavy atom. The maximum Gasteiger partial charge on any atom is 0.215 e. The molecule has 1 aliphatic heterocycles. The molecule has 0 aromatic rings. The van der Waals surface area contributed by atoms with Crippen molar-refractivity contribution >= 4 is 10.0 Å². The molecule has 0 spiro atoms. The number of sulfonamides is 1. The molecule has 0 radical (unpaired) electrons. The van der Waals surface area contributed by atoms with E-state index >= 15 is 0 Å². The summed E-state index contributed by atoms with van der Waals surface area (Å²) >= 11 is 0. The molecule has 1 atom stereocenters. The summed E-state index contributed by atoms with van der Waals surface area (Å²) < 4.78 is 25.8. The predicted molar refractivity (Wildman–Crippen MR) is 70.6 cm³/mol. The van der Waals surface area contributed by atoms with Gasteiger partial charge in [0.2, 0.25) is 10.0 Å². The number of hydrogen-bond donors (Lipinski definition) is 1. The number of hydrogen-bond acceptors (Lipinski definition) is 4. The van der Waals surface area contributed by atoms with Crippen LogP contribution in [0.2, 0.25) is 0 Å². The van der Waals surface area contributed by atoms with Crippen molar-refractivity contribution in [2.24, 2.45) is 0 Å². The molecule has 1 heterocycles. The molecule has 1 saturated heterocycles. The number of rotatable bonds is 6. The van der Waals surface area contributed by atoms with Crippen LogP contribution in [-0.2, 0) is 10.0 Å². The summed E-state index contributed by atoms with van der Waals surface area (Å²) in [5.74, 6) is 0.212. The highest BCUT2D eigenvalue weighted by atomic mass is 32.2. The normalized spacial score (nSPS) is 24.1. The first-order valence-electron chi connectivity index (χ1n) is 6.36. The molecule has 5 nitrogen and oxygen atoms in total. The van der Waals surface area contributed by atoms with Crippen LogP contribution >= 0.6 is 0 Å². The van der Waals surface area contributed by atoms with Gasteiger partial charge in [-0.3, -0.25) is 0 Å². The monoisotopic (exact) mass is 263 g/mol. The first-order valence-corrected chi connectivity index (χ1v) is 7.97. The summed E-state index contributed by atoms with van der Waals surface area (Å²) in [5.41, 5.74) is 0. The minimum absolute atomic E-state index is 0.212. The molecular weight excluding hydrogens is 238 g/mol. The quantitative estimate of drug-likeness (QED) is 0.683. The summed E-state index contributed by atoms with van der Waals surface area (Å²) in [6.45, 7) is 7.64. The molecule has 1 fully saturated rings. The van der Waals surface area contributed by atoms with Gasteiger partial charge >= 0.3 is 0 Å². The van der Waals surface area contributed by atoms with E-state index in [4.69, 9.17) is 0 Å². The van der Waals surface area contributed by atoms with Gasteiger partial charge < -0.3 is 10.2 Å². The highest BCUT2D eigenvalue weighted by Crippen LogP contribution is 2.11. The highest BCUT2D eigenvalue weighted by molar-refractivity contribution is 7.89. The molecule has 0 saturated carbocycles. The molecule has 0 aliphatic carbocycles. The van der Waals surface area contributed by atoms with Crippen molar-refractivity contribution in [1.29, 1.82) is 0 Å². The minimum atomic E-state index is -3.08. The van der Waals surface area contributed by atoms with Gasteiger partial charge in [0.15, 0.2) is 0 Å². The van der Waals surface area contributed by atoms with Gasteiger partial charge in [-0.05, 0) is 26.9 Å². The van der Waals surface area contributed by atoms with Gasteiger partial charge in [-0.2, -0.15) is 4.31 Å². The molecule has 1 rings (SSSR count). The molecule has 0 bridgehead atoms. The van der Waals surface area contributed by atoms with Gasteiger partial charge in [-0.1, -0.05) is 6.92 Å². The van der Waals surface area contributed by atoms with E-state index in [9.17, 15) is 8.42 Å². The molecule has 17 heavy (non-hydrogen) atoms. The Balaban J connectivity index is 2.42. The van der Waals surface area contributed by atoms with E-state index < -0.39 is 10.0 Å². The lowest BCUT2D eigenvalue weighted by Gasteiger charge is -2.36. The Morgan fingerprint density at radius 1 is 1.29 bits per heavy atom. The lowest BCUT2D eigenvalue weighted by molar-refractivity contribution is 0.159. The van der Waals surface area contributed by atoms with Crippen LogP contribution in [0.1, 0.15) is 20.3 Å². The van der Waals surface area contributed by atoms with E-state index in [0.29, 0.717) is 25.7 Å². The van der Waals surface area contributed by atoms with Crippen LogP contribution < -0.4 is 5.32 Å². The Bertz CT molecular complexity index is 319. The number of nitrogens with zero attached hydrogens (tertiary/aromatic N) is 2. The molecule has 0 amide bonds. The Kier molecular flexibility index (Phi) is 5.85. The van der Waals surface area contributed by atoms with Gasteiger partial charge in [0.25, 0.3) is 0 Å². The van der Waals surface area contributed by atoms with Crippen LogP contribution in [0.15, 0.2) is 0 Å². The first-order chi connectivity index (χ1) is 7.97. The van der Waals surface area contributed by atoms with E-state index in [-0.39, 0.29) is 5.75 Å². The van der Waals surface area contributed by atoms with Crippen LogP contribution in [0.25, 0.3) is 0 Å². The van der Waals surface area contributed by atoms with Gasteiger partial charge in [0.1, 0.15) is 0 Å². The zero-order valence-electron chi connectivity index (χ0n) is 11.1. The van der Waals surface area contributed by atoms with E-state index in [0.717, 1.165) is 19.5 Å². The first kappa shape index (κ1) is 14.9. The smallest absolute Gasteiger partial charge is 0.215 e. The fourth-order valence-electron chi connectivity index (χ4n) is 1.90. The fraction of sp³-hybridized carbons (Fsp3) is 1.00. The van der Waals surface area contributed by atoms with Gasteiger partial charge in [-0.15, -0.1) is 0 Å². The van der Waals surface area contributed by atoms with Gasteiger partial charge in [0, 0.05) is 32.2 Å².